The predicted molar refractivity (Wildman–Crippen MR) is 75.5 cm³/mol. The van der Waals surface area contributed by atoms with Crippen LogP contribution in [0.3, 0.4) is 0 Å². The van der Waals surface area contributed by atoms with E-state index in [9.17, 15) is 13.2 Å². The fourth-order valence-electron chi connectivity index (χ4n) is 2.22. The van der Waals surface area contributed by atoms with Gasteiger partial charge in [-0.05, 0) is 17.7 Å². The molecular weight excluding hydrogens is 292 g/mol. The predicted octanol–water partition coefficient (Wildman–Crippen LogP) is -0.800. The van der Waals surface area contributed by atoms with E-state index in [0.29, 0.717) is 6.54 Å². The minimum Gasteiger partial charge on any atom is -0.368 e. The summed E-state index contributed by atoms with van der Waals surface area (Å²) >= 11 is 0. The van der Waals surface area contributed by atoms with E-state index < -0.39 is 22.0 Å². The van der Waals surface area contributed by atoms with Crippen LogP contribution in [0.25, 0.3) is 0 Å². The lowest BCUT2D eigenvalue weighted by Gasteiger charge is -2.33. The summed E-state index contributed by atoms with van der Waals surface area (Å²) < 4.78 is 26.3. The van der Waals surface area contributed by atoms with Gasteiger partial charge in [-0.25, -0.2) is 8.42 Å². The lowest BCUT2D eigenvalue weighted by Crippen LogP contribution is -2.58. The number of sulfonamides is 1. The van der Waals surface area contributed by atoms with Crippen molar-refractivity contribution in [3.05, 3.63) is 29.8 Å². The molecule has 1 fully saturated rings. The maximum atomic E-state index is 12.6. The van der Waals surface area contributed by atoms with Gasteiger partial charge in [-0.1, -0.05) is 12.1 Å². The van der Waals surface area contributed by atoms with E-state index >= 15 is 0 Å². The van der Waals surface area contributed by atoms with Gasteiger partial charge in [0, 0.05) is 19.6 Å². The number of primary amides is 1. The number of nitrogens with one attached hydrogen (secondary N) is 1. The number of hydrogen-bond donors (Lipinski definition) is 2. The Kier molecular flexibility index (Phi) is 4.57. The number of nitriles is 1. The van der Waals surface area contributed by atoms with Crippen LogP contribution in [-0.4, -0.2) is 44.3 Å². The highest BCUT2D eigenvalue weighted by atomic mass is 32.2. The van der Waals surface area contributed by atoms with Gasteiger partial charge in [0.15, 0.2) is 0 Å². The molecule has 1 amide bonds. The third-order valence-corrected chi connectivity index (χ3v) is 5.26. The van der Waals surface area contributed by atoms with Crippen LogP contribution in [0.4, 0.5) is 0 Å². The van der Waals surface area contributed by atoms with Crippen molar-refractivity contribution in [3.63, 3.8) is 0 Å². The average Bonchev–Trinajstić information content (AvgIpc) is 2.48. The van der Waals surface area contributed by atoms with Crippen LogP contribution in [0.15, 0.2) is 29.2 Å². The first-order chi connectivity index (χ1) is 9.96. The Morgan fingerprint density at radius 3 is 2.67 bits per heavy atom. The van der Waals surface area contributed by atoms with Crippen LogP contribution in [0.1, 0.15) is 5.56 Å². The molecule has 3 N–H and O–H groups in total. The Bertz CT molecular complexity index is 664. The summed E-state index contributed by atoms with van der Waals surface area (Å²) in [5.41, 5.74) is 6.01. The Hall–Kier alpha value is -1.95. The molecule has 1 aromatic rings. The minimum atomic E-state index is -3.78. The summed E-state index contributed by atoms with van der Waals surface area (Å²) in [4.78, 5) is 11.5. The van der Waals surface area contributed by atoms with Crippen LogP contribution in [0, 0.1) is 11.3 Å². The third-order valence-electron chi connectivity index (χ3n) is 3.34. The second-order valence-corrected chi connectivity index (χ2v) is 6.61. The maximum Gasteiger partial charge on any atom is 0.243 e. The molecule has 0 aliphatic carbocycles. The summed E-state index contributed by atoms with van der Waals surface area (Å²) in [6.45, 7) is 0.868. The standard InChI is InChI=1S/C13H16N4O3S/c14-6-5-10-1-3-11(4-2-10)21(19,20)17-8-7-16-9-12(17)13(15)18/h1-4,12,16H,5,7-9H2,(H2,15,18). The average molecular weight is 308 g/mol. The molecule has 21 heavy (non-hydrogen) atoms. The Morgan fingerprint density at radius 2 is 2.10 bits per heavy atom. The smallest absolute Gasteiger partial charge is 0.243 e. The highest BCUT2D eigenvalue weighted by Gasteiger charge is 2.36. The molecule has 1 unspecified atom stereocenters. The number of nitrogens with two attached hydrogens (primary N) is 1. The van der Waals surface area contributed by atoms with E-state index in [0.717, 1.165) is 9.87 Å². The van der Waals surface area contributed by atoms with Gasteiger partial charge in [-0.3, -0.25) is 4.79 Å². The topological polar surface area (TPSA) is 116 Å². The Morgan fingerprint density at radius 1 is 1.43 bits per heavy atom. The SMILES string of the molecule is N#CCc1ccc(S(=O)(=O)N2CCNCC2C(N)=O)cc1. The molecule has 1 aromatic carbocycles. The number of hydrogen-bond acceptors (Lipinski definition) is 5. The number of benzene rings is 1. The van der Waals surface area contributed by atoms with Gasteiger partial charge >= 0.3 is 0 Å². The van der Waals surface area contributed by atoms with Crippen molar-refractivity contribution in [2.24, 2.45) is 5.73 Å². The zero-order valence-electron chi connectivity index (χ0n) is 11.3. The maximum absolute atomic E-state index is 12.6. The number of rotatable bonds is 4. The van der Waals surface area contributed by atoms with Crippen LogP contribution >= 0.6 is 0 Å². The fraction of sp³-hybridized carbons (Fsp3) is 0.385. The molecule has 0 bridgehead atoms. The number of amides is 1. The first kappa shape index (κ1) is 15.4. The van der Waals surface area contributed by atoms with Crippen molar-refractivity contribution in [3.8, 4) is 6.07 Å². The summed E-state index contributed by atoms with van der Waals surface area (Å²) in [5, 5.41) is 11.6. The monoisotopic (exact) mass is 308 g/mol. The number of piperazine rings is 1. The van der Waals surface area contributed by atoms with E-state index in [-0.39, 0.29) is 24.4 Å². The van der Waals surface area contributed by atoms with Gasteiger partial charge in [-0.2, -0.15) is 9.57 Å². The molecule has 1 aliphatic rings. The van der Waals surface area contributed by atoms with Gasteiger partial charge in [-0.15, -0.1) is 0 Å². The molecule has 1 saturated heterocycles. The molecule has 2 rings (SSSR count). The number of carbonyl (C=O) groups excluding carboxylic acids is 1. The summed E-state index contributed by atoms with van der Waals surface area (Å²) in [6.07, 6.45) is 0.220. The van der Waals surface area contributed by atoms with E-state index in [1.807, 2.05) is 6.07 Å². The van der Waals surface area contributed by atoms with Crippen molar-refractivity contribution in [1.29, 1.82) is 5.26 Å². The van der Waals surface area contributed by atoms with Crippen molar-refractivity contribution in [1.82, 2.24) is 9.62 Å². The molecule has 1 aliphatic heterocycles. The molecule has 0 aromatic heterocycles. The van der Waals surface area contributed by atoms with Crippen molar-refractivity contribution >= 4 is 15.9 Å². The van der Waals surface area contributed by atoms with Gasteiger partial charge in [0.1, 0.15) is 6.04 Å². The third kappa shape index (κ3) is 3.21. The van der Waals surface area contributed by atoms with E-state index in [2.05, 4.69) is 5.32 Å². The second-order valence-electron chi connectivity index (χ2n) is 4.72. The summed E-state index contributed by atoms with van der Waals surface area (Å²) in [6, 6.07) is 7.19. The molecule has 1 atom stereocenters. The quantitative estimate of drug-likeness (QED) is 0.755. The first-order valence-corrected chi connectivity index (χ1v) is 7.88. The van der Waals surface area contributed by atoms with Crippen LogP contribution < -0.4 is 11.1 Å². The van der Waals surface area contributed by atoms with Crippen LogP contribution in [0.2, 0.25) is 0 Å². The zero-order valence-corrected chi connectivity index (χ0v) is 12.1. The molecule has 1 heterocycles. The molecule has 0 saturated carbocycles. The minimum absolute atomic E-state index is 0.0948. The largest absolute Gasteiger partial charge is 0.368 e. The summed E-state index contributed by atoms with van der Waals surface area (Å²) in [7, 11) is -3.78. The van der Waals surface area contributed by atoms with E-state index in [1.54, 1.807) is 12.1 Å². The highest BCUT2D eigenvalue weighted by molar-refractivity contribution is 7.89. The Labute approximate surface area is 123 Å². The van der Waals surface area contributed by atoms with Crippen molar-refractivity contribution in [2.75, 3.05) is 19.6 Å². The summed E-state index contributed by atoms with van der Waals surface area (Å²) in [5.74, 6) is -0.674. The number of carbonyl (C=O) groups is 1. The number of nitrogens with zero attached hydrogens (tertiary/aromatic N) is 2. The van der Waals surface area contributed by atoms with Gasteiger partial charge in [0.25, 0.3) is 0 Å². The molecule has 112 valence electrons. The highest BCUT2D eigenvalue weighted by Crippen LogP contribution is 2.20. The molecular formula is C13H16N4O3S. The van der Waals surface area contributed by atoms with Gasteiger partial charge in [0.2, 0.25) is 15.9 Å². The van der Waals surface area contributed by atoms with E-state index in [4.69, 9.17) is 11.0 Å². The molecule has 7 nitrogen and oxygen atoms in total. The fourth-order valence-corrected chi connectivity index (χ4v) is 3.82. The Balaban J connectivity index is 2.31. The second kappa shape index (κ2) is 6.22. The van der Waals surface area contributed by atoms with Crippen LogP contribution in [-0.2, 0) is 21.2 Å². The van der Waals surface area contributed by atoms with Crippen LogP contribution in [0.5, 0.6) is 0 Å². The molecule has 8 heteroatoms. The zero-order chi connectivity index (χ0) is 15.5. The lowest BCUT2D eigenvalue weighted by atomic mass is 10.2. The normalized spacial score (nSPS) is 19.9. The van der Waals surface area contributed by atoms with E-state index in [1.165, 1.54) is 12.1 Å². The van der Waals surface area contributed by atoms with Crippen molar-refractivity contribution < 1.29 is 13.2 Å². The van der Waals surface area contributed by atoms with Gasteiger partial charge in [0.05, 0.1) is 17.4 Å². The lowest BCUT2D eigenvalue weighted by molar-refractivity contribution is -0.122. The molecule has 0 radical (unpaired) electrons. The van der Waals surface area contributed by atoms with Crippen molar-refractivity contribution in [2.45, 2.75) is 17.4 Å². The first-order valence-electron chi connectivity index (χ1n) is 6.44. The molecule has 0 spiro atoms. The van der Waals surface area contributed by atoms with Gasteiger partial charge < -0.3 is 11.1 Å².